The highest BCUT2D eigenvalue weighted by Gasteiger charge is 2.15. The molecule has 2 aromatic rings. The molecule has 0 aliphatic carbocycles. The van der Waals surface area contributed by atoms with Crippen molar-refractivity contribution in [3.05, 3.63) is 28.9 Å². The fourth-order valence-electron chi connectivity index (χ4n) is 2.00. The van der Waals surface area contributed by atoms with Gasteiger partial charge in [0.05, 0.1) is 11.6 Å². The molecule has 3 rings (SSSR count). The van der Waals surface area contributed by atoms with Gasteiger partial charge < -0.3 is 14.6 Å². The quantitative estimate of drug-likeness (QED) is 0.806. The van der Waals surface area contributed by atoms with Crippen molar-refractivity contribution in [1.29, 1.82) is 0 Å². The molecule has 1 N–H and O–H groups in total. The van der Waals surface area contributed by atoms with Crippen LogP contribution in [0.3, 0.4) is 0 Å². The number of aliphatic hydroxyl groups is 1. The molecule has 0 fully saturated rings. The van der Waals surface area contributed by atoms with Crippen molar-refractivity contribution in [3.63, 3.8) is 0 Å². The number of hydrogen-bond donors (Lipinski definition) is 1. The molecule has 1 aliphatic heterocycles. The number of aliphatic hydroxyl groups excluding tert-OH is 1. The zero-order chi connectivity index (χ0) is 12.7. The molecule has 1 aliphatic rings. The van der Waals surface area contributed by atoms with Crippen LogP contribution in [0.2, 0.25) is 5.15 Å². The zero-order valence-corrected chi connectivity index (χ0v) is 10.6. The minimum absolute atomic E-state index is 0.314. The molecule has 2 heterocycles. The van der Waals surface area contributed by atoms with Crippen LogP contribution in [0.15, 0.2) is 18.2 Å². The molecular weight excluding hydrogens is 254 g/mol. The molecule has 1 atom stereocenters. The fraction of sp³-hybridized carbons (Fsp3) is 0.308. The van der Waals surface area contributed by atoms with E-state index in [1.165, 1.54) is 0 Å². The Kier molecular flexibility index (Phi) is 2.76. The van der Waals surface area contributed by atoms with Crippen LogP contribution in [-0.2, 0) is 0 Å². The molecule has 0 radical (unpaired) electrons. The summed E-state index contributed by atoms with van der Waals surface area (Å²) in [6.45, 7) is 2.74. The highest BCUT2D eigenvalue weighted by atomic mass is 35.5. The lowest BCUT2D eigenvalue weighted by molar-refractivity contribution is 0.172. The maximum Gasteiger partial charge on any atom is 0.163 e. The average Bonchev–Trinajstić information content (AvgIpc) is 2.35. The molecule has 5 heteroatoms. The van der Waals surface area contributed by atoms with Crippen LogP contribution < -0.4 is 9.47 Å². The second-order valence-corrected chi connectivity index (χ2v) is 4.59. The van der Waals surface area contributed by atoms with E-state index in [0.717, 1.165) is 10.9 Å². The van der Waals surface area contributed by atoms with Gasteiger partial charge in [-0.05, 0) is 19.1 Å². The van der Waals surface area contributed by atoms with E-state index in [9.17, 15) is 5.11 Å². The van der Waals surface area contributed by atoms with Gasteiger partial charge in [-0.3, -0.25) is 0 Å². The summed E-state index contributed by atoms with van der Waals surface area (Å²) >= 11 is 6.04. The highest BCUT2D eigenvalue weighted by Crippen LogP contribution is 2.35. The summed E-state index contributed by atoms with van der Waals surface area (Å²) in [7, 11) is 0. The molecule has 1 aromatic carbocycles. The molecule has 1 aromatic heterocycles. The van der Waals surface area contributed by atoms with E-state index in [1.807, 2.05) is 18.2 Å². The van der Waals surface area contributed by atoms with Gasteiger partial charge >= 0.3 is 0 Å². The Bertz CT molecular complexity index is 613. The maximum absolute atomic E-state index is 9.62. The van der Waals surface area contributed by atoms with E-state index >= 15 is 0 Å². The predicted octanol–water partition coefficient (Wildman–Crippen LogP) is 2.71. The second-order valence-electron chi connectivity index (χ2n) is 4.23. The van der Waals surface area contributed by atoms with Crippen LogP contribution in [0, 0.1) is 0 Å². The molecule has 0 bridgehead atoms. The van der Waals surface area contributed by atoms with E-state index in [-0.39, 0.29) is 0 Å². The Morgan fingerprint density at radius 2 is 1.89 bits per heavy atom. The number of hydrogen-bond acceptors (Lipinski definition) is 4. The van der Waals surface area contributed by atoms with Crippen LogP contribution in [0.4, 0.5) is 0 Å². The summed E-state index contributed by atoms with van der Waals surface area (Å²) < 4.78 is 11.0. The Morgan fingerprint density at radius 1 is 1.22 bits per heavy atom. The van der Waals surface area contributed by atoms with Crippen LogP contribution >= 0.6 is 11.6 Å². The molecular formula is C13H12ClNO3. The number of rotatable bonds is 1. The summed E-state index contributed by atoms with van der Waals surface area (Å²) in [4.78, 5) is 4.27. The smallest absolute Gasteiger partial charge is 0.163 e. The van der Waals surface area contributed by atoms with E-state index in [2.05, 4.69) is 4.98 Å². The Labute approximate surface area is 109 Å². The largest absolute Gasteiger partial charge is 0.486 e. The topological polar surface area (TPSA) is 51.6 Å². The van der Waals surface area contributed by atoms with Crippen molar-refractivity contribution in [2.45, 2.75) is 13.0 Å². The Morgan fingerprint density at radius 3 is 2.56 bits per heavy atom. The first-order chi connectivity index (χ1) is 8.65. The summed E-state index contributed by atoms with van der Waals surface area (Å²) in [5.74, 6) is 1.39. The van der Waals surface area contributed by atoms with Gasteiger partial charge in [0.2, 0.25) is 0 Å². The van der Waals surface area contributed by atoms with Gasteiger partial charge in [-0.2, -0.15) is 0 Å². The van der Waals surface area contributed by atoms with Gasteiger partial charge in [-0.25, -0.2) is 4.98 Å². The zero-order valence-electron chi connectivity index (χ0n) is 9.81. The monoisotopic (exact) mass is 265 g/mol. The maximum atomic E-state index is 9.62. The van der Waals surface area contributed by atoms with Gasteiger partial charge in [0, 0.05) is 17.0 Å². The standard InChI is InChI=1S/C13H12ClNO3/c1-7(16)9-4-8-5-11-12(18-3-2-17-11)6-10(8)15-13(9)14/h4-7,16H,2-3H2,1H3. The summed E-state index contributed by atoms with van der Waals surface area (Å²) in [5, 5.41) is 10.8. The molecule has 0 saturated carbocycles. The van der Waals surface area contributed by atoms with E-state index in [0.29, 0.717) is 35.4 Å². The number of aromatic nitrogens is 1. The van der Waals surface area contributed by atoms with Crippen molar-refractivity contribution in [3.8, 4) is 11.5 Å². The number of nitrogens with zero attached hydrogens (tertiary/aromatic N) is 1. The molecule has 0 amide bonds. The molecule has 1 unspecified atom stereocenters. The number of ether oxygens (including phenoxy) is 2. The summed E-state index contributed by atoms with van der Waals surface area (Å²) in [6.07, 6.45) is -0.650. The SMILES string of the molecule is CC(O)c1cc2cc3c(cc2nc1Cl)OCCO3. The lowest BCUT2D eigenvalue weighted by Crippen LogP contribution is -2.15. The van der Waals surface area contributed by atoms with E-state index < -0.39 is 6.10 Å². The van der Waals surface area contributed by atoms with Crippen LogP contribution in [0.5, 0.6) is 11.5 Å². The molecule has 18 heavy (non-hydrogen) atoms. The Balaban J connectivity index is 2.21. The van der Waals surface area contributed by atoms with Gasteiger partial charge in [0.25, 0.3) is 0 Å². The number of benzene rings is 1. The first-order valence-electron chi connectivity index (χ1n) is 5.73. The third-order valence-corrected chi connectivity index (χ3v) is 3.21. The van der Waals surface area contributed by atoms with Crippen molar-refractivity contribution < 1.29 is 14.6 Å². The lowest BCUT2D eigenvalue weighted by atomic mass is 10.1. The molecule has 0 saturated heterocycles. The summed E-state index contributed by atoms with van der Waals surface area (Å²) in [6, 6.07) is 5.49. The summed E-state index contributed by atoms with van der Waals surface area (Å²) in [5.41, 5.74) is 1.34. The van der Waals surface area contributed by atoms with Crippen molar-refractivity contribution >= 4 is 22.5 Å². The minimum atomic E-state index is -0.650. The third-order valence-electron chi connectivity index (χ3n) is 2.91. The number of pyridine rings is 1. The van der Waals surface area contributed by atoms with Crippen molar-refractivity contribution in [2.24, 2.45) is 0 Å². The average molecular weight is 266 g/mol. The first kappa shape index (κ1) is 11.6. The van der Waals surface area contributed by atoms with E-state index in [1.54, 1.807) is 6.92 Å². The first-order valence-corrected chi connectivity index (χ1v) is 6.11. The van der Waals surface area contributed by atoms with Crippen LogP contribution in [0.25, 0.3) is 10.9 Å². The number of fused-ring (bicyclic) bond motifs is 2. The van der Waals surface area contributed by atoms with Gasteiger partial charge in [0.15, 0.2) is 11.5 Å². The molecule has 4 nitrogen and oxygen atoms in total. The van der Waals surface area contributed by atoms with Crippen molar-refractivity contribution in [2.75, 3.05) is 13.2 Å². The second kappa shape index (κ2) is 4.30. The predicted molar refractivity (Wildman–Crippen MR) is 68.4 cm³/mol. The van der Waals surface area contributed by atoms with Crippen LogP contribution in [-0.4, -0.2) is 23.3 Å². The van der Waals surface area contributed by atoms with Crippen LogP contribution in [0.1, 0.15) is 18.6 Å². The number of halogens is 1. The van der Waals surface area contributed by atoms with Gasteiger partial charge in [-0.1, -0.05) is 11.6 Å². The van der Waals surface area contributed by atoms with Gasteiger partial charge in [0.1, 0.15) is 18.4 Å². The van der Waals surface area contributed by atoms with Crippen molar-refractivity contribution in [1.82, 2.24) is 4.98 Å². The lowest BCUT2D eigenvalue weighted by Gasteiger charge is -2.19. The highest BCUT2D eigenvalue weighted by molar-refractivity contribution is 6.30. The van der Waals surface area contributed by atoms with E-state index in [4.69, 9.17) is 21.1 Å². The Hall–Kier alpha value is -1.52. The normalized spacial score (nSPS) is 15.7. The fourth-order valence-corrected chi connectivity index (χ4v) is 2.30. The molecule has 94 valence electrons. The third kappa shape index (κ3) is 1.87. The molecule has 0 spiro atoms. The van der Waals surface area contributed by atoms with Gasteiger partial charge in [-0.15, -0.1) is 0 Å². The minimum Gasteiger partial charge on any atom is -0.486 e.